The molecule has 0 aliphatic rings. The van der Waals surface area contributed by atoms with E-state index >= 15 is 0 Å². The first-order chi connectivity index (χ1) is 22.0. The van der Waals surface area contributed by atoms with Crippen LogP contribution in [0.1, 0.15) is 10.4 Å². The second-order valence-electron chi connectivity index (χ2n) is 9.61. The Morgan fingerprint density at radius 1 is 0.609 bits per heavy atom. The third kappa shape index (κ3) is 7.42. The number of phenols is 1. The number of hydrogen-bond donors (Lipinski definition) is 5. The molecule has 230 valence electrons. The molecule has 14 nitrogen and oxygen atoms in total. The van der Waals surface area contributed by atoms with Gasteiger partial charge in [-0.3, -0.25) is 4.55 Å². The number of carbonyl (C=O) groups is 1. The van der Waals surface area contributed by atoms with Crippen molar-refractivity contribution in [1.82, 2.24) is 0 Å². The molecule has 0 fully saturated rings. The van der Waals surface area contributed by atoms with E-state index in [2.05, 4.69) is 30.7 Å². The van der Waals surface area contributed by atoms with Gasteiger partial charge >= 0.3 is 5.97 Å². The fourth-order valence-electron chi connectivity index (χ4n) is 4.03. The Morgan fingerprint density at radius 2 is 1.09 bits per heavy atom. The van der Waals surface area contributed by atoms with Gasteiger partial charge in [0.05, 0.1) is 39.0 Å². The Hall–Kier alpha value is -6.32. The summed E-state index contributed by atoms with van der Waals surface area (Å²) in [6.07, 6.45) is 0. The predicted octanol–water partition coefficient (Wildman–Crippen LogP) is 8.41. The molecular formula is C31H24N8O6S. The molecule has 0 aliphatic heterocycles. The highest BCUT2D eigenvalue weighted by Gasteiger charge is 2.12. The number of nitrogens with zero attached hydrogens (tertiary/aromatic N) is 6. The molecule has 0 atom stereocenters. The maximum Gasteiger partial charge on any atom is 0.339 e. The minimum absolute atomic E-state index is 0.142. The van der Waals surface area contributed by atoms with Gasteiger partial charge in [0, 0.05) is 0 Å². The smallest absolute Gasteiger partial charge is 0.339 e. The summed E-state index contributed by atoms with van der Waals surface area (Å²) in [5.41, 5.74) is 16.5. The van der Waals surface area contributed by atoms with Crippen molar-refractivity contribution in [2.45, 2.75) is 4.90 Å². The molecule has 5 aromatic carbocycles. The van der Waals surface area contributed by atoms with E-state index in [1.807, 2.05) is 24.3 Å². The van der Waals surface area contributed by atoms with Crippen molar-refractivity contribution < 1.29 is 28.0 Å². The number of nitrogens with two attached hydrogens (primary N) is 2. The molecule has 0 amide bonds. The molecule has 0 unspecified atom stereocenters. The number of rotatable bonds is 9. The summed E-state index contributed by atoms with van der Waals surface area (Å²) in [6, 6.07) is 26.7. The summed E-state index contributed by atoms with van der Waals surface area (Å²) in [6.45, 7) is 0. The predicted molar refractivity (Wildman–Crippen MR) is 171 cm³/mol. The summed E-state index contributed by atoms with van der Waals surface area (Å²) in [5.74, 6) is -1.61. The van der Waals surface area contributed by atoms with Gasteiger partial charge < -0.3 is 21.7 Å². The van der Waals surface area contributed by atoms with Crippen LogP contribution in [0.3, 0.4) is 0 Å². The van der Waals surface area contributed by atoms with Crippen molar-refractivity contribution in [3.05, 3.63) is 109 Å². The van der Waals surface area contributed by atoms with Crippen LogP contribution in [-0.2, 0) is 10.1 Å². The Balaban J connectivity index is 1.26. The Labute approximate surface area is 261 Å². The van der Waals surface area contributed by atoms with Gasteiger partial charge in [0.1, 0.15) is 22.7 Å². The summed E-state index contributed by atoms with van der Waals surface area (Å²) in [5, 5.41) is 43.6. The Bertz CT molecular complexity index is 2120. The van der Waals surface area contributed by atoms with Crippen LogP contribution in [0.2, 0.25) is 0 Å². The van der Waals surface area contributed by atoms with Crippen LogP contribution in [0.4, 0.5) is 45.5 Å². The molecule has 5 rings (SSSR count). The van der Waals surface area contributed by atoms with Crippen LogP contribution in [0.15, 0.2) is 139 Å². The SMILES string of the molecule is Nc1ccc(/N=N/c2ccc(S(=O)(=O)O)cc2)c(N)c1/N=N/c1ccc(-c2ccc(/N=N/c3ccc(O)c(C(=O)O)c3)cc2)cc1. The van der Waals surface area contributed by atoms with E-state index in [9.17, 15) is 18.3 Å². The largest absolute Gasteiger partial charge is 0.507 e. The van der Waals surface area contributed by atoms with Crippen molar-refractivity contribution in [2.75, 3.05) is 11.5 Å². The van der Waals surface area contributed by atoms with Gasteiger partial charge in [-0.05, 0) is 90.0 Å². The van der Waals surface area contributed by atoms with Crippen molar-refractivity contribution in [2.24, 2.45) is 30.7 Å². The van der Waals surface area contributed by atoms with E-state index in [0.29, 0.717) is 17.1 Å². The molecule has 0 spiro atoms. The number of benzene rings is 5. The van der Waals surface area contributed by atoms with E-state index < -0.39 is 16.1 Å². The number of carboxylic acid groups (broad SMARTS) is 1. The second kappa shape index (κ2) is 13.1. The average molecular weight is 637 g/mol. The minimum atomic E-state index is -4.32. The van der Waals surface area contributed by atoms with Crippen molar-refractivity contribution in [1.29, 1.82) is 0 Å². The van der Waals surface area contributed by atoms with E-state index in [0.717, 1.165) is 11.1 Å². The fraction of sp³-hybridized carbons (Fsp3) is 0. The fourth-order valence-corrected chi connectivity index (χ4v) is 4.51. The highest BCUT2D eigenvalue weighted by molar-refractivity contribution is 7.85. The van der Waals surface area contributed by atoms with Gasteiger partial charge in [0.2, 0.25) is 0 Å². The van der Waals surface area contributed by atoms with E-state index in [-0.39, 0.29) is 44.6 Å². The molecular weight excluding hydrogens is 612 g/mol. The molecule has 0 aliphatic carbocycles. The molecule has 7 N–H and O–H groups in total. The summed E-state index contributed by atoms with van der Waals surface area (Å²) >= 11 is 0. The van der Waals surface area contributed by atoms with Crippen molar-refractivity contribution in [3.63, 3.8) is 0 Å². The number of azo groups is 3. The van der Waals surface area contributed by atoms with Gasteiger partial charge in [-0.25, -0.2) is 4.79 Å². The molecule has 15 heteroatoms. The second-order valence-corrected chi connectivity index (χ2v) is 11.0. The first kappa shape index (κ1) is 31.1. The molecule has 46 heavy (non-hydrogen) atoms. The Morgan fingerprint density at radius 3 is 1.63 bits per heavy atom. The molecule has 0 saturated heterocycles. The van der Waals surface area contributed by atoms with Gasteiger partial charge in [0.15, 0.2) is 0 Å². The molecule has 0 saturated carbocycles. The zero-order chi connectivity index (χ0) is 32.8. The van der Waals surface area contributed by atoms with Crippen molar-refractivity contribution >= 4 is 61.6 Å². The van der Waals surface area contributed by atoms with Crippen LogP contribution in [-0.4, -0.2) is 29.2 Å². The quantitative estimate of drug-likeness (QED) is 0.0596. The maximum atomic E-state index is 11.2. The monoisotopic (exact) mass is 636 g/mol. The third-order valence-corrected chi connectivity index (χ3v) is 7.33. The van der Waals surface area contributed by atoms with Crippen LogP contribution in [0, 0.1) is 0 Å². The first-order valence-corrected chi connectivity index (χ1v) is 14.7. The van der Waals surface area contributed by atoms with Crippen molar-refractivity contribution in [3.8, 4) is 16.9 Å². The standard InChI is InChI=1S/C31H24N8O6S/c32-26-14-15-27(38-35-22-9-12-24(13-10-22)46(43,44)45)29(33)30(26)39-36-21-7-3-19(4-8-21)18-1-5-20(6-2-18)34-37-23-11-16-28(40)25(17-23)31(41)42/h1-17,40H,32-33H2,(H,41,42)(H,43,44,45)/b37-34+,38-35+,39-36+. The van der Waals surface area contributed by atoms with Gasteiger partial charge in [0.25, 0.3) is 10.1 Å². The normalized spacial score (nSPS) is 11.9. The Kier molecular flexibility index (Phi) is 8.88. The number of aromatic carboxylic acids is 1. The summed E-state index contributed by atoms with van der Waals surface area (Å²) in [7, 11) is -4.32. The van der Waals surface area contributed by atoms with Crippen LogP contribution >= 0.6 is 0 Å². The highest BCUT2D eigenvalue weighted by Crippen LogP contribution is 2.39. The maximum absolute atomic E-state index is 11.2. The lowest BCUT2D eigenvalue weighted by atomic mass is 10.1. The number of aromatic hydroxyl groups is 1. The zero-order valence-electron chi connectivity index (χ0n) is 23.6. The molecule has 0 heterocycles. The number of anilines is 2. The average Bonchev–Trinajstić information content (AvgIpc) is 3.04. The molecule has 0 radical (unpaired) electrons. The molecule has 0 aromatic heterocycles. The van der Waals surface area contributed by atoms with Gasteiger partial charge in [-0.15, -0.1) is 10.2 Å². The lowest BCUT2D eigenvalue weighted by molar-refractivity contribution is 0.0693. The van der Waals surface area contributed by atoms with E-state index in [1.54, 1.807) is 36.4 Å². The van der Waals surface area contributed by atoms with Gasteiger partial charge in [-0.1, -0.05) is 24.3 Å². The van der Waals surface area contributed by atoms with Crippen LogP contribution in [0.5, 0.6) is 5.75 Å². The topological polar surface area (TPSA) is 238 Å². The van der Waals surface area contributed by atoms with Crippen LogP contribution < -0.4 is 11.5 Å². The summed E-state index contributed by atoms with van der Waals surface area (Å²) in [4.78, 5) is 10.9. The number of carboxylic acids is 1. The number of hydrogen-bond acceptors (Lipinski definition) is 12. The first-order valence-electron chi connectivity index (χ1n) is 13.3. The van der Waals surface area contributed by atoms with Gasteiger partial charge in [-0.2, -0.15) is 28.9 Å². The summed E-state index contributed by atoms with van der Waals surface area (Å²) < 4.78 is 31.5. The lowest BCUT2D eigenvalue weighted by Crippen LogP contribution is -1.96. The molecule has 5 aromatic rings. The lowest BCUT2D eigenvalue weighted by Gasteiger charge is -2.06. The molecule has 0 bridgehead atoms. The van der Waals surface area contributed by atoms with Crippen LogP contribution in [0.25, 0.3) is 11.1 Å². The minimum Gasteiger partial charge on any atom is -0.507 e. The zero-order valence-corrected chi connectivity index (χ0v) is 24.4. The van der Waals surface area contributed by atoms with E-state index in [1.165, 1.54) is 42.5 Å². The highest BCUT2D eigenvalue weighted by atomic mass is 32.2. The third-order valence-electron chi connectivity index (χ3n) is 6.46. The number of nitrogen functional groups attached to an aromatic ring is 2. The van der Waals surface area contributed by atoms with E-state index in [4.69, 9.17) is 21.1 Å².